The van der Waals surface area contributed by atoms with E-state index in [1.807, 2.05) is 0 Å². The van der Waals surface area contributed by atoms with E-state index in [-0.39, 0.29) is 5.78 Å². The quantitative estimate of drug-likeness (QED) is 0.848. The van der Waals surface area contributed by atoms with Crippen molar-refractivity contribution in [2.45, 2.75) is 13.3 Å². The molecule has 0 bridgehead atoms. The molecule has 0 aliphatic heterocycles. The smallest absolute Gasteiger partial charge is 0.134 e. The van der Waals surface area contributed by atoms with Crippen LogP contribution >= 0.6 is 27.5 Å². The lowest BCUT2D eigenvalue weighted by atomic mass is 10.1. The molecule has 0 amide bonds. The SMILES string of the molecule is COc1cc(Cl)cc(CC(C)=O)c1Br. The van der Waals surface area contributed by atoms with E-state index in [0.29, 0.717) is 17.2 Å². The first-order valence-corrected chi connectivity index (χ1v) is 5.23. The highest BCUT2D eigenvalue weighted by Gasteiger charge is 2.09. The second kappa shape index (κ2) is 4.80. The number of rotatable bonds is 3. The molecule has 76 valence electrons. The van der Waals surface area contributed by atoms with Crippen LogP contribution in [-0.2, 0) is 11.2 Å². The van der Waals surface area contributed by atoms with E-state index in [2.05, 4.69) is 15.9 Å². The van der Waals surface area contributed by atoms with Crippen molar-refractivity contribution in [2.24, 2.45) is 0 Å². The first-order valence-electron chi connectivity index (χ1n) is 4.06. The molecule has 1 aromatic rings. The predicted octanol–water partition coefficient (Wildman–Crippen LogP) is 3.24. The summed E-state index contributed by atoms with van der Waals surface area (Å²) in [6.45, 7) is 1.54. The highest BCUT2D eigenvalue weighted by molar-refractivity contribution is 9.10. The number of carbonyl (C=O) groups is 1. The lowest BCUT2D eigenvalue weighted by Gasteiger charge is -2.08. The highest BCUT2D eigenvalue weighted by atomic mass is 79.9. The number of ether oxygens (including phenoxy) is 1. The van der Waals surface area contributed by atoms with Gasteiger partial charge in [-0.1, -0.05) is 11.6 Å². The molecule has 0 aliphatic carbocycles. The molecule has 14 heavy (non-hydrogen) atoms. The fourth-order valence-electron chi connectivity index (χ4n) is 1.16. The Bertz CT molecular complexity index is 363. The number of Topliss-reactive ketones (excluding diaryl/α,β-unsaturated/α-hetero) is 1. The Hall–Kier alpha value is -0.540. The van der Waals surface area contributed by atoms with Crippen LogP contribution in [0.4, 0.5) is 0 Å². The minimum Gasteiger partial charge on any atom is -0.496 e. The van der Waals surface area contributed by atoms with Gasteiger partial charge in [0.15, 0.2) is 0 Å². The van der Waals surface area contributed by atoms with Gasteiger partial charge in [-0.2, -0.15) is 0 Å². The Morgan fingerprint density at radius 3 is 2.71 bits per heavy atom. The van der Waals surface area contributed by atoms with Crippen molar-refractivity contribution in [1.29, 1.82) is 0 Å². The summed E-state index contributed by atoms with van der Waals surface area (Å²) in [5, 5.41) is 0.571. The Morgan fingerprint density at radius 2 is 2.21 bits per heavy atom. The van der Waals surface area contributed by atoms with E-state index in [1.54, 1.807) is 26.2 Å². The summed E-state index contributed by atoms with van der Waals surface area (Å²) < 4.78 is 5.90. The molecular formula is C10H10BrClO2. The van der Waals surface area contributed by atoms with Crippen molar-refractivity contribution in [2.75, 3.05) is 7.11 Å². The van der Waals surface area contributed by atoms with Crippen LogP contribution < -0.4 is 4.74 Å². The minimum atomic E-state index is 0.0926. The van der Waals surface area contributed by atoms with Crippen LogP contribution in [0.2, 0.25) is 5.02 Å². The first kappa shape index (κ1) is 11.5. The zero-order chi connectivity index (χ0) is 10.7. The molecule has 0 atom stereocenters. The third kappa shape index (κ3) is 2.72. The van der Waals surface area contributed by atoms with Gasteiger partial charge in [0.05, 0.1) is 11.6 Å². The van der Waals surface area contributed by atoms with Crippen molar-refractivity contribution in [3.8, 4) is 5.75 Å². The zero-order valence-electron chi connectivity index (χ0n) is 7.93. The van der Waals surface area contributed by atoms with Gasteiger partial charge < -0.3 is 4.74 Å². The lowest BCUT2D eigenvalue weighted by molar-refractivity contribution is -0.116. The maximum atomic E-state index is 11.0. The monoisotopic (exact) mass is 276 g/mol. The molecule has 0 heterocycles. The number of hydrogen-bond donors (Lipinski definition) is 0. The lowest BCUT2D eigenvalue weighted by Crippen LogP contribution is -1.98. The van der Waals surface area contributed by atoms with Crippen LogP contribution in [0.3, 0.4) is 0 Å². The van der Waals surface area contributed by atoms with E-state index in [4.69, 9.17) is 16.3 Å². The maximum absolute atomic E-state index is 11.0. The topological polar surface area (TPSA) is 26.3 Å². The van der Waals surface area contributed by atoms with E-state index in [9.17, 15) is 4.79 Å². The maximum Gasteiger partial charge on any atom is 0.134 e. The van der Waals surface area contributed by atoms with E-state index in [1.165, 1.54) is 0 Å². The van der Waals surface area contributed by atoms with E-state index >= 15 is 0 Å². The summed E-state index contributed by atoms with van der Waals surface area (Å²) in [5.41, 5.74) is 0.849. The van der Waals surface area contributed by atoms with Gasteiger partial charge in [0.25, 0.3) is 0 Å². The molecule has 0 saturated carbocycles. The van der Waals surface area contributed by atoms with Gasteiger partial charge in [0, 0.05) is 11.4 Å². The predicted molar refractivity (Wildman–Crippen MR) is 60.1 cm³/mol. The normalized spacial score (nSPS) is 10.0. The van der Waals surface area contributed by atoms with Crippen LogP contribution in [0.1, 0.15) is 12.5 Å². The molecule has 0 radical (unpaired) electrons. The third-order valence-corrected chi connectivity index (χ3v) is 2.86. The van der Waals surface area contributed by atoms with Gasteiger partial charge >= 0.3 is 0 Å². The molecule has 1 aromatic carbocycles. The zero-order valence-corrected chi connectivity index (χ0v) is 10.3. The molecule has 4 heteroatoms. The Labute approximate surface area is 96.3 Å². The number of ketones is 1. The van der Waals surface area contributed by atoms with Crippen LogP contribution in [0.5, 0.6) is 5.75 Å². The molecule has 1 rings (SSSR count). The summed E-state index contributed by atoms with van der Waals surface area (Å²) in [6, 6.07) is 3.46. The molecule has 0 aliphatic rings. The number of hydrogen-bond acceptors (Lipinski definition) is 2. The molecule has 2 nitrogen and oxygen atoms in total. The van der Waals surface area contributed by atoms with Gasteiger partial charge in [0.1, 0.15) is 11.5 Å². The molecular weight excluding hydrogens is 267 g/mol. The standard InChI is InChI=1S/C10H10BrClO2/c1-6(13)3-7-4-8(12)5-9(14-2)10(7)11/h4-5H,3H2,1-2H3. The minimum absolute atomic E-state index is 0.0926. The van der Waals surface area contributed by atoms with Crippen LogP contribution in [0, 0.1) is 0 Å². The van der Waals surface area contributed by atoms with Crippen LogP contribution in [-0.4, -0.2) is 12.9 Å². The van der Waals surface area contributed by atoms with Gasteiger partial charge in [0.2, 0.25) is 0 Å². The number of benzene rings is 1. The molecule has 0 N–H and O–H groups in total. The van der Waals surface area contributed by atoms with Gasteiger partial charge in [-0.15, -0.1) is 0 Å². The Morgan fingerprint density at radius 1 is 1.57 bits per heavy atom. The molecule has 0 unspecified atom stereocenters. The average Bonchev–Trinajstić information content (AvgIpc) is 2.09. The van der Waals surface area contributed by atoms with E-state index in [0.717, 1.165) is 10.0 Å². The van der Waals surface area contributed by atoms with Crippen molar-refractivity contribution >= 4 is 33.3 Å². The van der Waals surface area contributed by atoms with Crippen LogP contribution in [0.15, 0.2) is 16.6 Å². The molecule has 0 saturated heterocycles. The summed E-state index contributed by atoms with van der Waals surface area (Å²) >= 11 is 9.24. The van der Waals surface area contributed by atoms with Crippen molar-refractivity contribution in [1.82, 2.24) is 0 Å². The first-order chi connectivity index (χ1) is 6.54. The second-order valence-electron chi connectivity index (χ2n) is 2.96. The number of carbonyl (C=O) groups excluding carboxylic acids is 1. The molecule has 0 spiro atoms. The van der Waals surface area contributed by atoms with Crippen molar-refractivity contribution < 1.29 is 9.53 Å². The van der Waals surface area contributed by atoms with E-state index < -0.39 is 0 Å². The van der Waals surface area contributed by atoms with Crippen molar-refractivity contribution in [3.63, 3.8) is 0 Å². The summed E-state index contributed by atoms with van der Waals surface area (Å²) in [6.07, 6.45) is 0.359. The second-order valence-corrected chi connectivity index (χ2v) is 4.19. The summed E-state index contributed by atoms with van der Waals surface area (Å²) in [5.74, 6) is 0.740. The highest BCUT2D eigenvalue weighted by Crippen LogP contribution is 2.32. The number of halogens is 2. The third-order valence-electron chi connectivity index (χ3n) is 1.74. The Balaban J connectivity index is 3.15. The van der Waals surface area contributed by atoms with Gasteiger partial charge in [-0.25, -0.2) is 0 Å². The number of methoxy groups -OCH3 is 1. The molecule has 0 fully saturated rings. The fourth-order valence-corrected chi connectivity index (χ4v) is 1.93. The van der Waals surface area contributed by atoms with Gasteiger partial charge in [-0.3, -0.25) is 4.79 Å². The van der Waals surface area contributed by atoms with Crippen molar-refractivity contribution in [3.05, 3.63) is 27.2 Å². The van der Waals surface area contributed by atoms with Crippen LogP contribution in [0.25, 0.3) is 0 Å². The van der Waals surface area contributed by atoms with Gasteiger partial charge in [-0.05, 0) is 40.5 Å². The average molecular weight is 278 g/mol. The Kier molecular flexibility index (Phi) is 3.96. The largest absolute Gasteiger partial charge is 0.496 e. The molecule has 0 aromatic heterocycles. The summed E-state index contributed by atoms with van der Waals surface area (Å²) in [7, 11) is 1.56. The fraction of sp³-hybridized carbons (Fsp3) is 0.300. The summed E-state index contributed by atoms with van der Waals surface area (Å²) in [4.78, 5) is 11.0.